The molecule has 0 aliphatic heterocycles. The summed E-state index contributed by atoms with van der Waals surface area (Å²) in [7, 11) is 1.58. The fourth-order valence-corrected chi connectivity index (χ4v) is 1.51. The van der Waals surface area contributed by atoms with Crippen molar-refractivity contribution in [1.29, 1.82) is 5.41 Å². The van der Waals surface area contributed by atoms with Crippen molar-refractivity contribution >= 4 is 17.5 Å². The number of allylic oxidation sites excluding steroid dienone is 3. The van der Waals surface area contributed by atoms with Crippen LogP contribution in [0.5, 0.6) is 0 Å². The summed E-state index contributed by atoms with van der Waals surface area (Å²) >= 11 is 5.89. The molecule has 78 valence electrons. The number of rotatable bonds is 3. The molecule has 0 aromatic rings. The molecule has 3 nitrogen and oxygen atoms in total. The molecule has 0 amide bonds. The van der Waals surface area contributed by atoms with Crippen molar-refractivity contribution in [3.63, 3.8) is 0 Å². The van der Waals surface area contributed by atoms with Crippen LogP contribution in [-0.2, 0) is 9.47 Å². The van der Waals surface area contributed by atoms with Crippen molar-refractivity contribution in [2.75, 3.05) is 13.7 Å². The van der Waals surface area contributed by atoms with Gasteiger partial charge in [-0.3, -0.25) is 5.41 Å². The van der Waals surface area contributed by atoms with Crippen molar-refractivity contribution < 1.29 is 9.47 Å². The van der Waals surface area contributed by atoms with E-state index in [1.807, 2.05) is 13.0 Å². The minimum absolute atomic E-state index is 0.0487. The molecule has 0 bridgehead atoms. The fraction of sp³-hybridized carbons (Fsp3) is 0.500. The van der Waals surface area contributed by atoms with Crippen LogP contribution in [0, 0.1) is 11.3 Å². The molecule has 0 radical (unpaired) electrons. The Hall–Kier alpha value is -0.960. The van der Waals surface area contributed by atoms with E-state index in [-0.39, 0.29) is 11.8 Å². The Morgan fingerprint density at radius 2 is 2.43 bits per heavy atom. The van der Waals surface area contributed by atoms with Crippen LogP contribution in [-0.4, -0.2) is 19.6 Å². The number of ether oxygens (including phenoxy) is 2. The van der Waals surface area contributed by atoms with Crippen LogP contribution in [0.3, 0.4) is 0 Å². The lowest BCUT2D eigenvalue weighted by molar-refractivity contribution is 0.257. The second kappa shape index (κ2) is 5.05. The van der Waals surface area contributed by atoms with E-state index in [1.165, 1.54) is 0 Å². The van der Waals surface area contributed by atoms with E-state index in [4.69, 9.17) is 26.5 Å². The molecule has 1 atom stereocenters. The highest BCUT2D eigenvalue weighted by Gasteiger charge is 2.20. The zero-order valence-corrected chi connectivity index (χ0v) is 9.10. The van der Waals surface area contributed by atoms with Gasteiger partial charge in [0.25, 0.3) is 0 Å². The van der Waals surface area contributed by atoms with Crippen LogP contribution in [0.25, 0.3) is 0 Å². The van der Waals surface area contributed by atoms with Crippen LogP contribution in [0.1, 0.15) is 13.3 Å². The highest BCUT2D eigenvalue weighted by molar-refractivity contribution is 6.31. The topological polar surface area (TPSA) is 42.3 Å². The standard InChI is InChI=1S/C10H14ClNO2/c1-3-14-10(12)7-4-5-8(11)9(6-7)13-2/h4-5,7,12H,3,6H2,1-2H3. The molecular weight excluding hydrogens is 202 g/mol. The van der Waals surface area contributed by atoms with Crippen LogP contribution in [0.4, 0.5) is 0 Å². The van der Waals surface area contributed by atoms with Crippen molar-refractivity contribution in [2.45, 2.75) is 13.3 Å². The number of hydrogen-bond acceptors (Lipinski definition) is 3. The van der Waals surface area contributed by atoms with Gasteiger partial charge >= 0.3 is 0 Å². The average Bonchev–Trinajstić information content (AvgIpc) is 2.19. The maximum atomic E-state index is 7.62. The Kier molecular flexibility index (Phi) is 4.01. The quantitative estimate of drug-likeness (QED) is 0.581. The molecule has 1 N–H and O–H groups in total. The van der Waals surface area contributed by atoms with Gasteiger partial charge in [0.05, 0.1) is 24.7 Å². The Morgan fingerprint density at radius 1 is 1.71 bits per heavy atom. The first kappa shape index (κ1) is 11.1. The first-order chi connectivity index (χ1) is 6.69. The van der Waals surface area contributed by atoms with Crippen LogP contribution < -0.4 is 0 Å². The molecule has 0 saturated carbocycles. The summed E-state index contributed by atoms with van der Waals surface area (Å²) < 4.78 is 10.2. The van der Waals surface area contributed by atoms with Gasteiger partial charge in [-0.05, 0) is 13.0 Å². The van der Waals surface area contributed by atoms with Crippen molar-refractivity contribution in [3.05, 3.63) is 22.9 Å². The molecule has 0 heterocycles. The molecule has 1 rings (SSSR count). The molecule has 0 aromatic heterocycles. The molecular formula is C10H14ClNO2. The van der Waals surface area contributed by atoms with E-state index in [0.29, 0.717) is 23.8 Å². The summed E-state index contributed by atoms with van der Waals surface area (Å²) in [4.78, 5) is 0. The van der Waals surface area contributed by atoms with Gasteiger partial charge in [0.15, 0.2) is 5.90 Å². The first-order valence-electron chi connectivity index (χ1n) is 4.51. The van der Waals surface area contributed by atoms with Crippen LogP contribution in [0.2, 0.25) is 0 Å². The Balaban J connectivity index is 2.64. The van der Waals surface area contributed by atoms with Gasteiger partial charge in [0.1, 0.15) is 5.76 Å². The summed E-state index contributed by atoms with van der Waals surface area (Å²) in [6.45, 7) is 2.38. The molecule has 4 heteroatoms. The third-order valence-electron chi connectivity index (χ3n) is 2.03. The number of hydrogen-bond donors (Lipinski definition) is 1. The third-order valence-corrected chi connectivity index (χ3v) is 2.37. The summed E-state index contributed by atoms with van der Waals surface area (Å²) in [5, 5.41) is 8.22. The van der Waals surface area contributed by atoms with E-state index in [1.54, 1.807) is 13.2 Å². The second-order valence-electron chi connectivity index (χ2n) is 2.94. The minimum atomic E-state index is -0.0487. The van der Waals surface area contributed by atoms with Gasteiger partial charge in [-0.15, -0.1) is 0 Å². The maximum Gasteiger partial charge on any atom is 0.187 e. The molecule has 1 unspecified atom stereocenters. The Bertz CT molecular complexity index is 284. The SMILES string of the molecule is CCOC(=N)C1C=CC(Cl)=C(OC)C1. The summed E-state index contributed by atoms with van der Waals surface area (Å²) in [5.74, 6) is 0.929. The van der Waals surface area contributed by atoms with E-state index in [0.717, 1.165) is 0 Å². The lowest BCUT2D eigenvalue weighted by atomic mass is 9.99. The first-order valence-corrected chi connectivity index (χ1v) is 4.89. The molecule has 1 aliphatic carbocycles. The van der Waals surface area contributed by atoms with E-state index >= 15 is 0 Å². The molecule has 0 saturated heterocycles. The fourth-order valence-electron chi connectivity index (χ4n) is 1.28. The number of methoxy groups -OCH3 is 1. The van der Waals surface area contributed by atoms with Gasteiger partial charge in [-0.2, -0.15) is 0 Å². The molecule has 0 aromatic carbocycles. The highest BCUT2D eigenvalue weighted by atomic mass is 35.5. The summed E-state index contributed by atoms with van der Waals surface area (Å²) in [5.41, 5.74) is 0. The van der Waals surface area contributed by atoms with Gasteiger partial charge in [0, 0.05) is 6.42 Å². The van der Waals surface area contributed by atoms with E-state index in [2.05, 4.69) is 0 Å². The van der Waals surface area contributed by atoms with Crippen molar-refractivity contribution in [3.8, 4) is 0 Å². The predicted molar refractivity (Wildman–Crippen MR) is 56.5 cm³/mol. The Labute approximate surface area is 88.9 Å². The largest absolute Gasteiger partial charge is 0.500 e. The van der Waals surface area contributed by atoms with Gasteiger partial charge in [-0.1, -0.05) is 17.7 Å². The normalized spacial score (nSPS) is 20.9. The van der Waals surface area contributed by atoms with Gasteiger partial charge < -0.3 is 9.47 Å². The highest BCUT2D eigenvalue weighted by Crippen LogP contribution is 2.27. The van der Waals surface area contributed by atoms with Crippen molar-refractivity contribution in [2.24, 2.45) is 5.92 Å². The maximum absolute atomic E-state index is 7.62. The zero-order chi connectivity index (χ0) is 10.6. The second-order valence-corrected chi connectivity index (χ2v) is 3.35. The van der Waals surface area contributed by atoms with E-state index < -0.39 is 0 Å². The lowest BCUT2D eigenvalue weighted by Gasteiger charge is -2.19. The smallest absolute Gasteiger partial charge is 0.187 e. The monoisotopic (exact) mass is 215 g/mol. The molecule has 0 spiro atoms. The van der Waals surface area contributed by atoms with Crippen molar-refractivity contribution in [1.82, 2.24) is 0 Å². The summed E-state index contributed by atoms with van der Waals surface area (Å²) in [6, 6.07) is 0. The molecule has 14 heavy (non-hydrogen) atoms. The predicted octanol–water partition coefficient (Wildman–Crippen LogP) is 2.67. The van der Waals surface area contributed by atoms with Crippen LogP contribution >= 0.6 is 11.6 Å². The molecule has 0 fully saturated rings. The zero-order valence-electron chi connectivity index (χ0n) is 8.34. The van der Waals surface area contributed by atoms with Gasteiger partial charge in [0.2, 0.25) is 0 Å². The number of nitrogens with one attached hydrogen (secondary N) is 1. The summed E-state index contributed by atoms with van der Waals surface area (Å²) in [6.07, 6.45) is 4.22. The van der Waals surface area contributed by atoms with Crippen LogP contribution in [0.15, 0.2) is 22.9 Å². The average molecular weight is 216 g/mol. The molecule has 1 aliphatic rings. The third kappa shape index (κ3) is 2.51. The Morgan fingerprint density at radius 3 is 3.00 bits per heavy atom. The number of halogens is 1. The van der Waals surface area contributed by atoms with E-state index in [9.17, 15) is 0 Å². The minimum Gasteiger partial charge on any atom is -0.500 e. The van der Waals surface area contributed by atoms with Gasteiger partial charge in [-0.25, -0.2) is 0 Å². The lowest BCUT2D eigenvalue weighted by Crippen LogP contribution is -2.18.